The highest BCUT2D eigenvalue weighted by Gasteiger charge is 2.07. The van der Waals surface area contributed by atoms with Crippen molar-refractivity contribution in [2.45, 2.75) is 13.0 Å². The number of imidazole rings is 1. The van der Waals surface area contributed by atoms with Gasteiger partial charge in [-0.15, -0.1) is 0 Å². The number of nitrogens with one attached hydrogen (secondary N) is 1. The second-order valence-electron chi connectivity index (χ2n) is 4.75. The molecule has 5 heteroatoms. The summed E-state index contributed by atoms with van der Waals surface area (Å²) in [6.45, 7) is 0.340. The molecule has 0 saturated heterocycles. The van der Waals surface area contributed by atoms with Crippen LogP contribution in [0.2, 0.25) is 0 Å². The molecular weight excluding hydrogens is 269 g/mol. The molecule has 3 rings (SSSR count). The largest absolute Gasteiger partial charge is 0.349 e. The number of halogens is 1. The predicted molar refractivity (Wildman–Crippen MR) is 77.1 cm³/mol. The Morgan fingerprint density at radius 3 is 3.00 bits per heavy atom. The topological polar surface area (TPSA) is 46.4 Å². The molecule has 0 unspecified atom stereocenters. The average molecular weight is 283 g/mol. The molecule has 0 atom stereocenters. The van der Waals surface area contributed by atoms with Crippen molar-refractivity contribution in [2.75, 3.05) is 0 Å². The van der Waals surface area contributed by atoms with Gasteiger partial charge in [0.25, 0.3) is 0 Å². The van der Waals surface area contributed by atoms with Gasteiger partial charge in [-0.25, -0.2) is 9.37 Å². The summed E-state index contributed by atoms with van der Waals surface area (Å²) in [5.41, 5.74) is 1.63. The molecule has 4 nitrogen and oxygen atoms in total. The highest BCUT2D eigenvalue weighted by molar-refractivity contribution is 5.78. The number of carbonyl (C=O) groups excluding carboxylic acids is 1. The lowest BCUT2D eigenvalue weighted by atomic mass is 10.1. The van der Waals surface area contributed by atoms with Crippen LogP contribution in [0, 0.1) is 5.82 Å². The lowest BCUT2D eigenvalue weighted by Crippen LogP contribution is -2.25. The molecule has 0 bridgehead atoms. The van der Waals surface area contributed by atoms with E-state index in [4.69, 9.17) is 0 Å². The molecule has 106 valence electrons. The van der Waals surface area contributed by atoms with Crippen LogP contribution in [-0.4, -0.2) is 15.3 Å². The molecule has 2 heterocycles. The van der Waals surface area contributed by atoms with Crippen molar-refractivity contribution >= 4 is 11.4 Å². The van der Waals surface area contributed by atoms with E-state index >= 15 is 0 Å². The molecule has 0 aliphatic heterocycles. The van der Waals surface area contributed by atoms with Crippen LogP contribution >= 0.6 is 0 Å². The summed E-state index contributed by atoms with van der Waals surface area (Å²) < 4.78 is 15.0. The zero-order valence-electron chi connectivity index (χ0n) is 11.3. The first-order chi connectivity index (χ1) is 10.2. The summed E-state index contributed by atoms with van der Waals surface area (Å²) in [4.78, 5) is 16.2. The van der Waals surface area contributed by atoms with Crippen molar-refractivity contribution in [1.82, 2.24) is 14.7 Å². The highest BCUT2D eigenvalue weighted by atomic mass is 19.1. The SMILES string of the molecule is O=C(Cc1cccc(F)c1)NCc1ncc2ccccn12. The van der Waals surface area contributed by atoms with Gasteiger partial charge in [-0.3, -0.25) is 4.79 Å². The highest BCUT2D eigenvalue weighted by Crippen LogP contribution is 2.07. The molecule has 1 amide bonds. The van der Waals surface area contributed by atoms with Crippen LogP contribution in [-0.2, 0) is 17.8 Å². The Bertz CT molecular complexity index is 782. The van der Waals surface area contributed by atoms with Crippen LogP contribution in [0.5, 0.6) is 0 Å². The number of hydrogen-bond donors (Lipinski definition) is 1. The van der Waals surface area contributed by atoms with Gasteiger partial charge in [-0.2, -0.15) is 0 Å². The number of benzene rings is 1. The number of nitrogens with zero attached hydrogens (tertiary/aromatic N) is 2. The third kappa shape index (κ3) is 3.08. The summed E-state index contributed by atoms with van der Waals surface area (Å²) in [7, 11) is 0. The van der Waals surface area contributed by atoms with Crippen LogP contribution in [0.15, 0.2) is 54.9 Å². The molecule has 0 saturated carbocycles. The summed E-state index contributed by atoms with van der Waals surface area (Å²) in [5, 5.41) is 2.80. The molecule has 1 N–H and O–H groups in total. The molecule has 1 aromatic carbocycles. The number of fused-ring (bicyclic) bond motifs is 1. The number of pyridine rings is 1. The lowest BCUT2D eigenvalue weighted by molar-refractivity contribution is -0.120. The smallest absolute Gasteiger partial charge is 0.224 e. The van der Waals surface area contributed by atoms with Gasteiger partial charge in [0, 0.05) is 6.20 Å². The first kappa shape index (κ1) is 13.3. The van der Waals surface area contributed by atoms with E-state index in [0.717, 1.165) is 11.3 Å². The van der Waals surface area contributed by atoms with Gasteiger partial charge in [-0.05, 0) is 29.8 Å². The summed E-state index contributed by atoms with van der Waals surface area (Å²) >= 11 is 0. The number of rotatable bonds is 4. The van der Waals surface area contributed by atoms with E-state index in [1.54, 1.807) is 18.3 Å². The van der Waals surface area contributed by atoms with Crippen LogP contribution in [0.3, 0.4) is 0 Å². The van der Waals surface area contributed by atoms with Crippen molar-refractivity contribution in [2.24, 2.45) is 0 Å². The van der Waals surface area contributed by atoms with E-state index < -0.39 is 0 Å². The number of amides is 1. The van der Waals surface area contributed by atoms with Gasteiger partial charge in [0.15, 0.2) is 0 Å². The molecule has 2 aromatic heterocycles. The maximum absolute atomic E-state index is 13.1. The summed E-state index contributed by atoms with van der Waals surface area (Å²) in [6, 6.07) is 11.8. The van der Waals surface area contributed by atoms with Crippen LogP contribution < -0.4 is 5.32 Å². The molecule has 0 spiro atoms. The zero-order valence-corrected chi connectivity index (χ0v) is 11.3. The Hall–Kier alpha value is -2.69. The van der Waals surface area contributed by atoms with Gasteiger partial charge in [-0.1, -0.05) is 18.2 Å². The Labute approximate surface area is 121 Å². The molecule has 0 radical (unpaired) electrons. The van der Waals surface area contributed by atoms with Gasteiger partial charge in [0.05, 0.1) is 24.7 Å². The molecule has 0 aliphatic rings. The Balaban J connectivity index is 1.63. The fourth-order valence-corrected chi connectivity index (χ4v) is 2.20. The second-order valence-corrected chi connectivity index (χ2v) is 4.75. The molecule has 3 aromatic rings. The van der Waals surface area contributed by atoms with Crippen molar-refractivity contribution in [3.63, 3.8) is 0 Å². The van der Waals surface area contributed by atoms with Gasteiger partial charge < -0.3 is 9.72 Å². The van der Waals surface area contributed by atoms with E-state index in [-0.39, 0.29) is 18.1 Å². The Morgan fingerprint density at radius 2 is 2.14 bits per heavy atom. The number of hydrogen-bond acceptors (Lipinski definition) is 2. The molecule has 0 aliphatic carbocycles. The normalized spacial score (nSPS) is 10.7. The average Bonchev–Trinajstić information content (AvgIpc) is 2.88. The van der Waals surface area contributed by atoms with Gasteiger partial charge >= 0.3 is 0 Å². The Morgan fingerprint density at radius 1 is 1.24 bits per heavy atom. The quantitative estimate of drug-likeness (QED) is 0.799. The minimum absolute atomic E-state index is 0.154. The first-order valence-electron chi connectivity index (χ1n) is 6.64. The fourth-order valence-electron chi connectivity index (χ4n) is 2.20. The lowest BCUT2D eigenvalue weighted by Gasteiger charge is -2.05. The van der Waals surface area contributed by atoms with Crippen LogP contribution in [0.25, 0.3) is 5.52 Å². The van der Waals surface area contributed by atoms with Crippen LogP contribution in [0.4, 0.5) is 4.39 Å². The van der Waals surface area contributed by atoms with E-state index in [1.807, 2.05) is 28.8 Å². The number of carbonyl (C=O) groups is 1. The fraction of sp³-hybridized carbons (Fsp3) is 0.125. The van der Waals surface area contributed by atoms with Gasteiger partial charge in [0.2, 0.25) is 5.91 Å². The zero-order chi connectivity index (χ0) is 14.7. The maximum atomic E-state index is 13.1. The third-order valence-electron chi connectivity index (χ3n) is 3.21. The number of aromatic nitrogens is 2. The monoisotopic (exact) mass is 283 g/mol. The van der Waals surface area contributed by atoms with E-state index in [0.29, 0.717) is 12.1 Å². The van der Waals surface area contributed by atoms with E-state index in [9.17, 15) is 9.18 Å². The van der Waals surface area contributed by atoms with Gasteiger partial charge in [0.1, 0.15) is 11.6 Å². The molecule has 21 heavy (non-hydrogen) atoms. The van der Waals surface area contributed by atoms with E-state index in [2.05, 4.69) is 10.3 Å². The van der Waals surface area contributed by atoms with Crippen molar-refractivity contribution < 1.29 is 9.18 Å². The second kappa shape index (κ2) is 5.75. The Kier molecular flexibility index (Phi) is 3.64. The van der Waals surface area contributed by atoms with E-state index in [1.165, 1.54) is 12.1 Å². The molecular formula is C16H14FN3O. The maximum Gasteiger partial charge on any atom is 0.224 e. The predicted octanol–water partition coefficient (Wildman–Crippen LogP) is 2.33. The standard InChI is InChI=1S/C16H14FN3O/c17-13-5-3-4-12(8-13)9-16(21)19-11-15-18-10-14-6-1-2-7-20(14)15/h1-8,10H,9,11H2,(H,19,21). The van der Waals surface area contributed by atoms with Crippen molar-refractivity contribution in [3.05, 3.63) is 72.1 Å². The van der Waals surface area contributed by atoms with Crippen molar-refractivity contribution in [3.8, 4) is 0 Å². The third-order valence-corrected chi connectivity index (χ3v) is 3.21. The first-order valence-corrected chi connectivity index (χ1v) is 6.64. The van der Waals surface area contributed by atoms with Crippen LogP contribution in [0.1, 0.15) is 11.4 Å². The minimum Gasteiger partial charge on any atom is -0.349 e. The van der Waals surface area contributed by atoms with Crippen molar-refractivity contribution in [1.29, 1.82) is 0 Å². The summed E-state index contributed by atoms with van der Waals surface area (Å²) in [6.07, 6.45) is 3.81. The minimum atomic E-state index is -0.334. The molecule has 0 fully saturated rings. The summed E-state index contributed by atoms with van der Waals surface area (Å²) in [5.74, 6) is 0.269.